The first-order chi connectivity index (χ1) is 12.0. The summed E-state index contributed by atoms with van der Waals surface area (Å²) in [7, 11) is 1.88. The van der Waals surface area contributed by atoms with Gasteiger partial charge in [0.05, 0.1) is 11.6 Å². The molecule has 0 aromatic heterocycles. The second-order valence-electron chi connectivity index (χ2n) is 6.84. The maximum atomic E-state index is 12.4. The van der Waals surface area contributed by atoms with Crippen LogP contribution < -0.4 is 5.32 Å². The minimum atomic E-state index is -0.0411. The Morgan fingerprint density at radius 2 is 1.76 bits per heavy atom. The first-order valence-corrected chi connectivity index (χ1v) is 9.11. The number of benzene rings is 1. The second kappa shape index (κ2) is 9.22. The highest BCUT2D eigenvalue weighted by Gasteiger charge is 2.31. The van der Waals surface area contributed by atoms with Crippen LogP contribution in [0.15, 0.2) is 24.3 Å². The van der Waals surface area contributed by atoms with E-state index >= 15 is 0 Å². The van der Waals surface area contributed by atoms with E-state index in [9.17, 15) is 9.59 Å². The molecule has 1 aromatic rings. The Labute approximate surface area is 150 Å². The van der Waals surface area contributed by atoms with Crippen LogP contribution in [0.5, 0.6) is 0 Å². The number of unbranched alkanes of at least 4 members (excludes halogenated alkanes) is 1. The standard InChI is InChI=1S/C20H27N3O2/c1-3-4-13-23(2)20(25)17-9-7-16(8-10-17)19(24)22-18-11-5-15(14-21)6-12-18/h5-6,11-12,16-17H,3-4,7-10,13H2,1-2H3,(H,22,24). The van der Waals surface area contributed by atoms with Gasteiger partial charge in [-0.05, 0) is 56.4 Å². The number of rotatable bonds is 6. The van der Waals surface area contributed by atoms with Gasteiger partial charge in [-0.25, -0.2) is 0 Å². The molecule has 0 saturated heterocycles. The van der Waals surface area contributed by atoms with Crippen molar-refractivity contribution in [3.8, 4) is 6.07 Å². The minimum absolute atomic E-state index is 0.00921. The van der Waals surface area contributed by atoms with Crippen LogP contribution >= 0.6 is 0 Å². The molecule has 1 saturated carbocycles. The second-order valence-corrected chi connectivity index (χ2v) is 6.84. The zero-order valence-corrected chi connectivity index (χ0v) is 15.1. The smallest absolute Gasteiger partial charge is 0.227 e. The average Bonchev–Trinajstić information content (AvgIpc) is 2.66. The third-order valence-electron chi connectivity index (χ3n) is 4.95. The molecule has 0 atom stereocenters. The first-order valence-electron chi connectivity index (χ1n) is 9.11. The summed E-state index contributed by atoms with van der Waals surface area (Å²) in [6.45, 7) is 2.93. The van der Waals surface area contributed by atoms with E-state index in [2.05, 4.69) is 18.3 Å². The fourth-order valence-corrected chi connectivity index (χ4v) is 3.29. The molecule has 0 aliphatic heterocycles. The number of carbonyl (C=O) groups is 2. The minimum Gasteiger partial charge on any atom is -0.346 e. The van der Waals surface area contributed by atoms with Gasteiger partial charge in [0.15, 0.2) is 0 Å². The van der Waals surface area contributed by atoms with Crippen molar-refractivity contribution in [3.63, 3.8) is 0 Å². The SMILES string of the molecule is CCCCN(C)C(=O)C1CCC(C(=O)Nc2ccc(C#N)cc2)CC1. The maximum Gasteiger partial charge on any atom is 0.227 e. The summed E-state index contributed by atoms with van der Waals surface area (Å²) in [5.74, 6) is 0.246. The van der Waals surface area contributed by atoms with Crippen LogP contribution in [0.4, 0.5) is 5.69 Å². The molecule has 0 heterocycles. The molecule has 0 unspecified atom stereocenters. The lowest BCUT2D eigenvalue weighted by molar-refractivity contribution is -0.136. The Kier molecular flexibility index (Phi) is 7.00. The number of nitrogens with one attached hydrogen (secondary N) is 1. The molecule has 1 fully saturated rings. The van der Waals surface area contributed by atoms with Gasteiger partial charge in [0.2, 0.25) is 11.8 Å². The van der Waals surface area contributed by atoms with Crippen LogP contribution in [-0.2, 0) is 9.59 Å². The van der Waals surface area contributed by atoms with E-state index in [4.69, 9.17) is 5.26 Å². The Bertz CT molecular complexity index is 625. The van der Waals surface area contributed by atoms with E-state index in [1.807, 2.05) is 11.9 Å². The molecule has 0 spiro atoms. The summed E-state index contributed by atoms with van der Waals surface area (Å²) < 4.78 is 0. The quantitative estimate of drug-likeness (QED) is 0.860. The van der Waals surface area contributed by atoms with E-state index < -0.39 is 0 Å². The van der Waals surface area contributed by atoms with E-state index in [-0.39, 0.29) is 23.7 Å². The number of hydrogen-bond donors (Lipinski definition) is 1. The topological polar surface area (TPSA) is 73.2 Å². The number of nitriles is 1. The number of carbonyl (C=O) groups excluding carboxylic acids is 2. The summed E-state index contributed by atoms with van der Waals surface area (Å²) >= 11 is 0. The Morgan fingerprint density at radius 3 is 2.32 bits per heavy atom. The normalized spacial score (nSPS) is 19.7. The molecule has 1 aliphatic carbocycles. The highest BCUT2D eigenvalue weighted by Crippen LogP contribution is 2.30. The Hall–Kier alpha value is -2.35. The van der Waals surface area contributed by atoms with E-state index in [0.29, 0.717) is 11.3 Å². The number of anilines is 1. The van der Waals surface area contributed by atoms with Crippen molar-refractivity contribution in [2.75, 3.05) is 18.9 Å². The summed E-state index contributed by atoms with van der Waals surface area (Å²) in [4.78, 5) is 26.7. The predicted molar refractivity (Wildman–Crippen MR) is 97.8 cm³/mol. The van der Waals surface area contributed by atoms with E-state index in [0.717, 1.165) is 45.1 Å². The van der Waals surface area contributed by atoms with Crippen LogP contribution in [0, 0.1) is 23.2 Å². The summed E-state index contributed by atoms with van der Waals surface area (Å²) in [6.07, 6.45) is 5.17. The molecule has 0 radical (unpaired) electrons. The number of hydrogen-bond acceptors (Lipinski definition) is 3. The molecule has 1 aliphatic rings. The van der Waals surface area contributed by atoms with Crippen molar-refractivity contribution >= 4 is 17.5 Å². The van der Waals surface area contributed by atoms with Crippen LogP contribution in [0.2, 0.25) is 0 Å². The molecule has 1 N–H and O–H groups in total. The monoisotopic (exact) mass is 341 g/mol. The fourth-order valence-electron chi connectivity index (χ4n) is 3.29. The lowest BCUT2D eigenvalue weighted by atomic mass is 9.81. The Morgan fingerprint density at radius 1 is 1.16 bits per heavy atom. The first kappa shape index (κ1) is 19.0. The van der Waals surface area contributed by atoms with Crippen molar-refractivity contribution in [1.82, 2.24) is 4.90 Å². The molecule has 2 amide bonds. The molecule has 5 nitrogen and oxygen atoms in total. The highest BCUT2D eigenvalue weighted by molar-refractivity contribution is 5.92. The van der Waals surface area contributed by atoms with Crippen molar-refractivity contribution < 1.29 is 9.59 Å². The lowest BCUT2D eigenvalue weighted by Crippen LogP contribution is -2.37. The molecular weight excluding hydrogens is 314 g/mol. The van der Waals surface area contributed by atoms with Crippen molar-refractivity contribution in [3.05, 3.63) is 29.8 Å². The predicted octanol–water partition coefficient (Wildman–Crippen LogP) is 3.56. The zero-order valence-electron chi connectivity index (χ0n) is 15.1. The molecule has 5 heteroatoms. The molecule has 0 bridgehead atoms. The third kappa shape index (κ3) is 5.32. The molecule has 25 heavy (non-hydrogen) atoms. The van der Waals surface area contributed by atoms with Crippen molar-refractivity contribution in [2.24, 2.45) is 11.8 Å². The van der Waals surface area contributed by atoms with Gasteiger partial charge in [-0.2, -0.15) is 5.26 Å². The fraction of sp³-hybridized carbons (Fsp3) is 0.550. The van der Waals surface area contributed by atoms with Gasteiger partial charge in [0.1, 0.15) is 0 Å². The summed E-state index contributed by atoms with van der Waals surface area (Å²) in [5.41, 5.74) is 1.28. The van der Waals surface area contributed by atoms with Gasteiger partial charge >= 0.3 is 0 Å². The molecule has 1 aromatic carbocycles. The van der Waals surface area contributed by atoms with Gasteiger partial charge in [0.25, 0.3) is 0 Å². The molecular formula is C20H27N3O2. The van der Waals surface area contributed by atoms with E-state index in [1.54, 1.807) is 24.3 Å². The maximum absolute atomic E-state index is 12.4. The van der Waals surface area contributed by atoms with Gasteiger partial charge in [-0.1, -0.05) is 13.3 Å². The van der Waals surface area contributed by atoms with Gasteiger partial charge < -0.3 is 10.2 Å². The Balaban J connectivity index is 1.81. The average molecular weight is 341 g/mol. The molecule has 134 valence electrons. The zero-order chi connectivity index (χ0) is 18.2. The molecule has 2 rings (SSSR count). The lowest BCUT2D eigenvalue weighted by Gasteiger charge is -2.30. The van der Waals surface area contributed by atoms with Gasteiger partial charge in [-0.15, -0.1) is 0 Å². The van der Waals surface area contributed by atoms with Gasteiger partial charge in [0, 0.05) is 31.1 Å². The van der Waals surface area contributed by atoms with Crippen LogP contribution in [0.3, 0.4) is 0 Å². The van der Waals surface area contributed by atoms with Crippen molar-refractivity contribution in [1.29, 1.82) is 5.26 Å². The largest absolute Gasteiger partial charge is 0.346 e. The van der Waals surface area contributed by atoms with Crippen LogP contribution in [-0.4, -0.2) is 30.3 Å². The van der Waals surface area contributed by atoms with Crippen molar-refractivity contribution in [2.45, 2.75) is 45.4 Å². The summed E-state index contributed by atoms with van der Waals surface area (Å²) in [5, 5.41) is 11.7. The van der Waals surface area contributed by atoms with E-state index in [1.165, 1.54) is 0 Å². The third-order valence-corrected chi connectivity index (χ3v) is 4.95. The van der Waals surface area contributed by atoms with Crippen LogP contribution in [0.25, 0.3) is 0 Å². The van der Waals surface area contributed by atoms with Crippen LogP contribution in [0.1, 0.15) is 51.0 Å². The van der Waals surface area contributed by atoms with Gasteiger partial charge in [-0.3, -0.25) is 9.59 Å². The number of nitrogens with zero attached hydrogens (tertiary/aromatic N) is 2. The summed E-state index contributed by atoms with van der Waals surface area (Å²) in [6, 6.07) is 8.93. The number of amides is 2. The highest BCUT2D eigenvalue weighted by atomic mass is 16.2.